The van der Waals surface area contributed by atoms with Crippen molar-refractivity contribution in [1.82, 2.24) is 5.32 Å². The van der Waals surface area contributed by atoms with Crippen LogP contribution in [0.2, 0.25) is 0 Å². The maximum Gasteiger partial charge on any atom is 0.255 e. The minimum Gasteiger partial charge on any atom is -0.494 e. The Balaban J connectivity index is 2.18. The number of amides is 2. The number of halogens is 1. The van der Waals surface area contributed by atoms with Crippen molar-refractivity contribution in [2.45, 2.75) is 0 Å². The average Bonchev–Trinajstić information content (AvgIpc) is 2.54. The number of anilines is 1. The summed E-state index contributed by atoms with van der Waals surface area (Å²) in [5, 5.41) is 5.11. The molecule has 0 unspecified atom stereocenters. The quantitative estimate of drug-likeness (QED) is 0.911. The molecule has 5 nitrogen and oxygen atoms in total. The highest BCUT2D eigenvalue weighted by atomic mass is 19.1. The summed E-state index contributed by atoms with van der Waals surface area (Å²) in [6.45, 7) is 0. The van der Waals surface area contributed by atoms with E-state index in [1.165, 1.54) is 32.4 Å². The van der Waals surface area contributed by atoms with Gasteiger partial charge >= 0.3 is 0 Å². The normalized spacial score (nSPS) is 9.95. The van der Waals surface area contributed by atoms with Crippen LogP contribution < -0.4 is 15.4 Å². The summed E-state index contributed by atoms with van der Waals surface area (Å²) in [4.78, 5) is 23.6. The summed E-state index contributed by atoms with van der Waals surface area (Å²) in [7, 11) is 2.87. The molecule has 0 heterocycles. The minimum absolute atomic E-state index is 0.0677. The molecule has 2 N–H and O–H groups in total. The van der Waals surface area contributed by atoms with Gasteiger partial charge in [-0.25, -0.2) is 4.39 Å². The van der Waals surface area contributed by atoms with Crippen molar-refractivity contribution in [1.29, 1.82) is 0 Å². The number of ether oxygens (including phenoxy) is 1. The first-order chi connectivity index (χ1) is 10.5. The maximum atomic E-state index is 13.6. The number of carbonyl (C=O) groups excluding carboxylic acids is 2. The number of nitrogens with one attached hydrogen (secondary N) is 2. The molecule has 2 aromatic rings. The van der Waals surface area contributed by atoms with E-state index in [1.807, 2.05) is 0 Å². The van der Waals surface area contributed by atoms with Crippen LogP contribution in [-0.2, 0) is 0 Å². The van der Waals surface area contributed by atoms with E-state index in [4.69, 9.17) is 4.74 Å². The first kappa shape index (κ1) is 15.5. The van der Waals surface area contributed by atoms with Gasteiger partial charge in [0.1, 0.15) is 0 Å². The summed E-state index contributed by atoms with van der Waals surface area (Å²) >= 11 is 0. The molecule has 22 heavy (non-hydrogen) atoms. The fraction of sp³-hybridized carbons (Fsp3) is 0.125. The second kappa shape index (κ2) is 6.71. The zero-order chi connectivity index (χ0) is 16.1. The summed E-state index contributed by atoms with van der Waals surface area (Å²) in [5.41, 5.74) is 1.02. The van der Waals surface area contributed by atoms with Crippen LogP contribution in [0.5, 0.6) is 5.75 Å². The van der Waals surface area contributed by atoms with Crippen molar-refractivity contribution in [2.75, 3.05) is 19.5 Å². The van der Waals surface area contributed by atoms with Crippen LogP contribution in [-0.4, -0.2) is 26.0 Å². The third-order valence-corrected chi connectivity index (χ3v) is 3.02. The molecule has 0 saturated carbocycles. The minimum atomic E-state index is -0.616. The fourth-order valence-electron chi connectivity index (χ4n) is 1.89. The van der Waals surface area contributed by atoms with Gasteiger partial charge in [-0.2, -0.15) is 0 Å². The van der Waals surface area contributed by atoms with E-state index in [0.717, 1.165) is 6.07 Å². The Morgan fingerprint density at radius 2 is 1.77 bits per heavy atom. The number of rotatable bonds is 4. The van der Waals surface area contributed by atoms with Crippen molar-refractivity contribution < 1.29 is 18.7 Å². The van der Waals surface area contributed by atoms with Crippen LogP contribution in [0.25, 0.3) is 0 Å². The lowest BCUT2D eigenvalue weighted by molar-refractivity contribution is 0.0961. The summed E-state index contributed by atoms with van der Waals surface area (Å²) in [5.74, 6) is -1.28. The third-order valence-electron chi connectivity index (χ3n) is 3.02. The maximum absolute atomic E-state index is 13.6. The first-order valence-electron chi connectivity index (χ1n) is 6.52. The van der Waals surface area contributed by atoms with Gasteiger partial charge in [0, 0.05) is 23.9 Å². The molecule has 0 atom stereocenters. The Morgan fingerprint density at radius 1 is 1.05 bits per heavy atom. The predicted octanol–water partition coefficient (Wildman–Crippen LogP) is 2.45. The highest BCUT2D eigenvalue weighted by Gasteiger charge is 2.11. The van der Waals surface area contributed by atoms with Crippen LogP contribution in [0.1, 0.15) is 20.7 Å². The molecule has 0 fully saturated rings. The molecule has 0 aliphatic heterocycles. The molecule has 0 bridgehead atoms. The van der Waals surface area contributed by atoms with E-state index in [9.17, 15) is 14.0 Å². The Hall–Kier alpha value is -2.89. The summed E-state index contributed by atoms with van der Waals surface area (Å²) in [6, 6.07) is 10.4. The van der Waals surface area contributed by atoms with Crippen LogP contribution in [0.4, 0.5) is 10.1 Å². The molecule has 0 spiro atoms. The van der Waals surface area contributed by atoms with E-state index in [1.54, 1.807) is 18.2 Å². The second-order valence-electron chi connectivity index (χ2n) is 4.46. The van der Waals surface area contributed by atoms with Gasteiger partial charge in [-0.3, -0.25) is 9.59 Å². The molecule has 0 aromatic heterocycles. The molecule has 0 aliphatic carbocycles. The van der Waals surface area contributed by atoms with Crippen molar-refractivity contribution in [3.8, 4) is 5.75 Å². The molecule has 0 aliphatic rings. The summed E-state index contributed by atoms with van der Waals surface area (Å²) in [6.07, 6.45) is 0. The van der Waals surface area contributed by atoms with E-state index < -0.39 is 11.7 Å². The largest absolute Gasteiger partial charge is 0.494 e. The molecule has 6 heteroatoms. The lowest BCUT2D eigenvalue weighted by atomic mass is 10.1. The zero-order valence-corrected chi connectivity index (χ0v) is 12.1. The van der Waals surface area contributed by atoms with Crippen LogP contribution in [0.3, 0.4) is 0 Å². The van der Waals surface area contributed by atoms with Crippen molar-refractivity contribution >= 4 is 17.5 Å². The van der Waals surface area contributed by atoms with Gasteiger partial charge in [0.05, 0.1) is 7.11 Å². The van der Waals surface area contributed by atoms with Gasteiger partial charge in [-0.15, -0.1) is 0 Å². The third kappa shape index (κ3) is 3.41. The van der Waals surface area contributed by atoms with Crippen molar-refractivity contribution in [2.24, 2.45) is 0 Å². The second-order valence-corrected chi connectivity index (χ2v) is 4.46. The van der Waals surface area contributed by atoms with Gasteiger partial charge < -0.3 is 15.4 Å². The standard InChI is InChI=1S/C16H15FN2O3/c1-18-15(20)10-4-3-5-12(8-10)19-16(21)11-6-7-14(22-2)13(17)9-11/h3-9H,1-2H3,(H,18,20)(H,19,21). The number of hydrogen-bond acceptors (Lipinski definition) is 3. The highest BCUT2D eigenvalue weighted by molar-refractivity contribution is 6.05. The monoisotopic (exact) mass is 302 g/mol. The zero-order valence-electron chi connectivity index (χ0n) is 12.1. The van der Waals surface area contributed by atoms with E-state index in [0.29, 0.717) is 11.3 Å². The Labute approximate surface area is 127 Å². The number of benzene rings is 2. The molecule has 0 radical (unpaired) electrons. The SMILES string of the molecule is CNC(=O)c1cccc(NC(=O)c2ccc(OC)c(F)c2)c1. The number of carbonyl (C=O) groups is 2. The molecule has 114 valence electrons. The lowest BCUT2D eigenvalue weighted by Gasteiger charge is -2.08. The average molecular weight is 302 g/mol. The highest BCUT2D eigenvalue weighted by Crippen LogP contribution is 2.19. The Kier molecular flexibility index (Phi) is 4.73. The van der Waals surface area contributed by atoms with Gasteiger partial charge in [-0.05, 0) is 36.4 Å². The molecule has 2 rings (SSSR count). The topological polar surface area (TPSA) is 67.4 Å². The van der Waals surface area contributed by atoms with E-state index in [-0.39, 0.29) is 17.2 Å². The molecule has 2 amide bonds. The van der Waals surface area contributed by atoms with Crippen molar-refractivity contribution in [3.63, 3.8) is 0 Å². The molecule has 0 saturated heterocycles. The van der Waals surface area contributed by atoms with Gasteiger partial charge in [0.25, 0.3) is 11.8 Å². The van der Waals surface area contributed by atoms with Gasteiger partial charge in [-0.1, -0.05) is 6.07 Å². The lowest BCUT2D eigenvalue weighted by Crippen LogP contribution is -2.18. The molecule has 2 aromatic carbocycles. The predicted molar refractivity (Wildman–Crippen MR) is 80.7 cm³/mol. The van der Waals surface area contributed by atoms with Crippen LogP contribution >= 0.6 is 0 Å². The Morgan fingerprint density at radius 3 is 2.41 bits per heavy atom. The Bertz CT molecular complexity index is 716. The van der Waals surface area contributed by atoms with E-state index in [2.05, 4.69) is 10.6 Å². The fourth-order valence-corrected chi connectivity index (χ4v) is 1.89. The van der Waals surface area contributed by atoms with Crippen LogP contribution in [0.15, 0.2) is 42.5 Å². The van der Waals surface area contributed by atoms with Gasteiger partial charge in [0.15, 0.2) is 11.6 Å². The van der Waals surface area contributed by atoms with Crippen LogP contribution in [0, 0.1) is 5.82 Å². The number of methoxy groups -OCH3 is 1. The molecular formula is C16H15FN2O3. The number of hydrogen-bond donors (Lipinski definition) is 2. The van der Waals surface area contributed by atoms with Crippen molar-refractivity contribution in [3.05, 3.63) is 59.4 Å². The first-order valence-corrected chi connectivity index (χ1v) is 6.52. The van der Waals surface area contributed by atoms with E-state index >= 15 is 0 Å². The summed E-state index contributed by atoms with van der Waals surface area (Å²) < 4.78 is 18.4. The molecular weight excluding hydrogens is 287 g/mol. The smallest absolute Gasteiger partial charge is 0.255 e. The van der Waals surface area contributed by atoms with Gasteiger partial charge in [0.2, 0.25) is 0 Å².